The van der Waals surface area contributed by atoms with Gasteiger partial charge in [-0.25, -0.2) is 0 Å². The van der Waals surface area contributed by atoms with E-state index in [0.29, 0.717) is 12.0 Å². The van der Waals surface area contributed by atoms with Gasteiger partial charge in [-0.2, -0.15) is 0 Å². The predicted octanol–water partition coefficient (Wildman–Crippen LogP) is 3.07. The van der Waals surface area contributed by atoms with Gasteiger partial charge in [-0.15, -0.1) is 0 Å². The van der Waals surface area contributed by atoms with Gasteiger partial charge in [0.1, 0.15) is 0 Å². The van der Waals surface area contributed by atoms with Crippen LogP contribution in [0.4, 0.5) is 0 Å². The minimum absolute atomic E-state index is 0.644. The fraction of sp³-hybridized carbons (Fsp3) is 1.00. The van der Waals surface area contributed by atoms with Crippen LogP contribution in [0.3, 0.4) is 0 Å². The van der Waals surface area contributed by atoms with Crippen LogP contribution in [-0.2, 0) is 4.74 Å². The van der Waals surface area contributed by atoms with E-state index in [1.54, 1.807) is 7.11 Å². The van der Waals surface area contributed by atoms with Gasteiger partial charge in [-0.05, 0) is 31.2 Å². The standard InChI is InChI=1S/C13H29NO/c1-6-8-11(3)13(14-7-2)12(4)9-10-15-5/h11-14H,6-10H2,1-5H3. The molecule has 0 heterocycles. The van der Waals surface area contributed by atoms with E-state index in [9.17, 15) is 0 Å². The van der Waals surface area contributed by atoms with Crippen LogP contribution in [0, 0.1) is 11.8 Å². The van der Waals surface area contributed by atoms with Crippen LogP contribution in [-0.4, -0.2) is 26.3 Å². The summed E-state index contributed by atoms with van der Waals surface area (Å²) in [6, 6.07) is 0.644. The maximum absolute atomic E-state index is 5.15. The molecule has 0 rings (SSSR count). The van der Waals surface area contributed by atoms with Gasteiger partial charge in [0.15, 0.2) is 0 Å². The second-order valence-corrected chi connectivity index (χ2v) is 4.61. The van der Waals surface area contributed by atoms with E-state index >= 15 is 0 Å². The molecular formula is C13H29NO. The van der Waals surface area contributed by atoms with Gasteiger partial charge in [0, 0.05) is 19.8 Å². The van der Waals surface area contributed by atoms with E-state index in [0.717, 1.165) is 25.5 Å². The summed E-state index contributed by atoms with van der Waals surface area (Å²) in [7, 11) is 1.78. The summed E-state index contributed by atoms with van der Waals surface area (Å²) in [6.07, 6.45) is 3.75. The van der Waals surface area contributed by atoms with Crippen molar-refractivity contribution in [2.24, 2.45) is 11.8 Å². The molecule has 0 amide bonds. The summed E-state index contributed by atoms with van der Waals surface area (Å²) in [4.78, 5) is 0. The molecule has 1 N–H and O–H groups in total. The molecule has 0 aliphatic rings. The molecule has 2 heteroatoms. The van der Waals surface area contributed by atoms with E-state index in [-0.39, 0.29) is 0 Å². The van der Waals surface area contributed by atoms with Crippen molar-refractivity contribution in [1.29, 1.82) is 0 Å². The lowest BCUT2D eigenvalue weighted by molar-refractivity contribution is 0.158. The lowest BCUT2D eigenvalue weighted by Gasteiger charge is -2.30. The third-order valence-electron chi connectivity index (χ3n) is 3.19. The number of hydrogen-bond acceptors (Lipinski definition) is 2. The van der Waals surface area contributed by atoms with E-state index < -0.39 is 0 Å². The summed E-state index contributed by atoms with van der Waals surface area (Å²) in [5, 5.41) is 3.62. The number of rotatable bonds is 9. The lowest BCUT2D eigenvalue weighted by atomic mass is 9.86. The van der Waals surface area contributed by atoms with Crippen molar-refractivity contribution in [3.8, 4) is 0 Å². The molecule has 0 aliphatic carbocycles. The average Bonchev–Trinajstić information content (AvgIpc) is 2.22. The van der Waals surface area contributed by atoms with Gasteiger partial charge >= 0.3 is 0 Å². The Balaban J connectivity index is 4.09. The quantitative estimate of drug-likeness (QED) is 0.638. The van der Waals surface area contributed by atoms with Gasteiger partial charge < -0.3 is 10.1 Å². The number of nitrogens with one attached hydrogen (secondary N) is 1. The lowest BCUT2D eigenvalue weighted by Crippen LogP contribution is -2.40. The van der Waals surface area contributed by atoms with Crippen LogP contribution in [0.1, 0.15) is 47.0 Å². The maximum Gasteiger partial charge on any atom is 0.0465 e. The fourth-order valence-corrected chi connectivity index (χ4v) is 2.32. The summed E-state index contributed by atoms with van der Waals surface area (Å²) < 4.78 is 5.15. The van der Waals surface area contributed by atoms with Crippen LogP contribution in [0.15, 0.2) is 0 Å². The molecule has 0 saturated carbocycles. The summed E-state index contributed by atoms with van der Waals surface area (Å²) >= 11 is 0. The van der Waals surface area contributed by atoms with Crippen molar-refractivity contribution < 1.29 is 4.74 Å². The Hall–Kier alpha value is -0.0800. The van der Waals surface area contributed by atoms with E-state index in [1.807, 2.05) is 0 Å². The summed E-state index contributed by atoms with van der Waals surface area (Å²) in [5.41, 5.74) is 0. The van der Waals surface area contributed by atoms with Gasteiger partial charge in [0.2, 0.25) is 0 Å². The minimum atomic E-state index is 0.644. The second kappa shape index (κ2) is 9.17. The number of ether oxygens (including phenoxy) is 1. The largest absolute Gasteiger partial charge is 0.385 e. The smallest absolute Gasteiger partial charge is 0.0465 e. The van der Waals surface area contributed by atoms with Crippen molar-refractivity contribution in [1.82, 2.24) is 5.32 Å². The Kier molecular flexibility index (Phi) is 9.12. The van der Waals surface area contributed by atoms with Crippen LogP contribution in [0.25, 0.3) is 0 Å². The molecule has 0 aromatic rings. The Morgan fingerprint density at radius 2 is 1.67 bits per heavy atom. The first-order valence-electron chi connectivity index (χ1n) is 6.39. The average molecular weight is 215 g/mol. The third kappa shape index (κ3) is 6.16. The molecule has 0 aromatic carbocycles. The highest BCUT2D eigenvalue weighted by molar-refractivity contribution is 4.78. The normalized spacial score (nSPS) is 17.4. The number of methoxy groups -OCH3 is 1. The van der Waals surface area contributed by atoms with Crippen molar-refractivity contribution in [2.75, 3.05) is 20.3 Å². The minimum Gasteiger partial charge on any atom is -0.385 e. The molecule has 0 aliphatic heterocycles. The molecular weight excluding hydrogens is 186 g/mol. The van der Waals surface area contributed by atoms with Crippen LogP contribution in [0.5, 0.6) is 0 Å². The van der Waals surface area contributed by atoms with Crippen molar-refractivity contribution >= 4 is 0 Å². The van der Waals surface area contributed by atoms with E-state index in [4.69, 9.17) is 4.74 Å². The predicted molar refractivity (Wildman–Crippen MR) is 67.2 cm³/mol. The van der Waals surface area contributed by atoms with E-state index in [1.165, 1.54) is 12.8 Å². The zero-order valence-electron chi connectivity index (χ0n) is 11.2. The molecule has 0 fully saturated rings. The van der Waals surface area contributed by atoms with Gasteiger partial charge in [0.25, 0.3) is 0 Å². The first kappa shape index (κ1) is 14.9. The first-order chi connectivity index (χ1) is 7.17. The zero-order valence-corrected chi connectivity index (χ0v) is 11.2. The van der Waals surface area contributed by atoms with E-state index in [2.05, 4.69) is 33.0 Å². The molecule has 92 valence electrons. The topological polar surface area (TPSA) is 21.3 Å². The SMILES string of the molecule is CCCC(C)C(NCC)C(C)CCOC. The maximum atomic E-state index is 5.15. The van der Waals surface area contributed by atoms with Crippen molar-refractivity contribution in [2.45, 2.75) is 53.0 Å². The van der Waals surface area contributed by atoms with Crippen LogP contribution < -0.4 is 5.32 Å². The zero-order chi connectivity index (χ0) is 11.7. The monoisotopic (exact) mass is 215 g/mol. The molecule has 2 nitrogen and oxygen atoms in total. The Labute approximate surface area is 95.8 Å². The molecule has 0 spiro atoms. The summed E-state index contributed by atoms with van der Waals surface area (Å²) in [6.45, 7) is 11.1. The number of hydrogen-bond donors (Lipinski definition) is 1. The van der Waals surface area contributed by atoms with Gasteiger partial charge in [-0.3, -0.25) is 0 Å². The molecule has 0 bridgehead atoms. The molecule has 15 heavy (non-hydrogen) atoms. The van der Waals surface area contributed by atoms with Gasteiger partial charge in [0.05, 0.1) is 0 Å². The molecule has 3 atom stereocenters. The molecule has 0 radical (unpaired) electrons. The Morgan fingerprint density at radius 3 is 2.13 bits per heavy atom. The highest BCUT2D eigenvalue weighted by Crippen LogP contribution is 2.20. The third-order valence-corrected chi connectivity index (χ3v) is 3.19. The highest BCUT2D eigenvalue weighted by Gasteiger charge is 2.21. The first-order valence-corrected chi connectivity index (χ1v) is 6.39. The van der Waals surface area contributed by atoms with Crippen molar-refractivity contribution in [3.63, 3.8) is 0 Å². The van der Waals surface area contributed by atoms with Crippen LogP contribution >= 0.6 is 0 Å². The van der Waals surface area contributed by atoms with Gasteiger partial charge in [-0.1, -0.05) is 34.1 Å². The fourth-order valence-electron chi connectivity index (χ4n) is 2.32. The molecule has 3 unspecified atom stereocenters. The Morgan fingerprint density at radius 1 is 1.07 bits per heavy atom. The highest BCUT2D eigenvalue weighted by atomic mass is 16.5. The summed E-state index contributed by atoms with van der Waals surface area (Å²) in [5.74, 6) is 1.47. The Bertz CT molecular complexity index is 138. The molecule has 0 aromatic heterocycles. The molecule has 0 saturated heterocycles. The van der Waals surface area contributed by atoms with Crippen LogP contribution in [0.2, 0.25) is 0 Å². The second-order valence-electron chi connectivity index (χ2n) is 4.61. The van der Waals surface area contributed by atoms with Crippen molar-refractivity contribution in [3.05, 3.63) is 0 Å².